The molecule has 90 valence electrons. The first-order valence-corrected chi connectivity index (χ1v) is 7.19. The van der Waals surface area contributed by atoms with Gasteiger partial charge in [-0.25, -0.2) is 8.42 Å². The van der Waals surface area contributed by atoms with Crippen LogP contribution in [-0.2, 0) is 10.0 Å². The molecular weight excluding hydrogens is 212 g/mol. The van der Waals surface area contributed by atoms with E-state index in [-0.39, 0.29) is 5.75 Å². The van der Waals surface area contributed by atoms with Crippen molar-refractivity contribution in [3.8, 4) is 0 Å². The molecule has 0 aromatic rings. The maximum Gasteiger partial charge on any atom is 0.214 e. The molecule has 0 aromatic heterocycles. The molecule has 1 aliphatic rings. The van der Waals surface area contributed by atoms with Crippen molar-refractivity contribution in [1.82, 2.24) is 9.21 Å². The van der Waals surface area contributed by atoms with Crippen LogP contribution in [0, 0.1) is 0 Å². The zero-order valence-electron chi connectivity index (χ0n) is 10.1. The molecule has 1 heterocycles. The van der Waals surface area contributed by atoms with Crippen molar-refractivity contribution in [2.45, 2.75) is 39.3 Å². The highest BCUT2D eigenvalue weighted by atomic mass is 32.2. The van der Waals surface area contributed by atoms with Gasteiger partial charge in [-0.1, -0.05) is 6.92 Å². The fraction of sp³-hybridized carbons (Fsp3) is 1.00. The zero-order chi connectivity index (χ0) is 11.6. The molecule has 1 fully saturated rings. The summed E-state index contributed by atoms with van der Waals surface area (Å²) in [5, 5.41) is 0. The van der Waals surface area contributed by atoms with E-state index in [4.69, 9.17) is 0 Å². The first-order chi connectivity index (χ1) is 6.88. The number of piperazine rings is 1. The van der Waals surface area contributed by atoms with Gasteiger partial charge in [0, 0.05) is 25.2 Å². The number of nitrogens with zero attached hydrogens (tertiary/aromatic N) is 2. The Morgan fingerprint density at radius 2 is 1.67 bits per heavy atom. The van der Waals surface area contributed by atoms with Gasteiger partial charge in [0.25, 0.3) is 0 Å². The summed E-state index contributed by atoms with van der Waals surface area (Å²) in [7, 11) is -0.961. The molecule has 4 nitrogen and oxygen atoms in total. The molecule has 1 aliphatic heterocycles. The van der Waals surface area contributed by atoms with E-state index in [1.165, 1.54) is 0 Å². The van der Waals surface area contributed by atoms with Crippen LogP contribution >= 0.6 is 0 Å². The van der Waals surface area contributed by atoms with Gasteiger partial charge >= 0.3 is 0 Å². The van der Waals surface area contributed by atoms with Crippen molar-refractivity contribution in [1.29, 1.82) is 0 Å². The number of sulfonamides is 1. The van der Waals surface area contributed by atoms with Crippen molar-refractivity contribution in [3.63, 3.8) is 0 Å². The van der Waals surface area contributed by atoms with Crippen LogP contribution in [-0.4, -0.2) is 55.6 Å². The number of likely N-dealkylation sites (N-methyl/N-ethyl adjacent to an activating group) is 1. The lowest BCUT2D eigenvalue weighted by Crippen LogP contribution is -2.56. The minimum Gasteiger partial charge on any atom is -0.298 e. The quantitative estimate of drug-likeness (QED) is 0.723. The van der Waals surface area contributed by atoms with Crippen LogP contribution in [0.5, 0.6) is 0 Å². The van der Waals surface area contributed by atoms with E-state index < -0.39 is 10.0 Å². The molecule has 1 saturated heterocycles. The number of rotatable bonds is 3. The van der Waals surface area contributed by atoms with Crippen molar-refractivity contribution < 1.29 is 8.42 Å². The van der Waals surface area contributed by atoms with Crippen LogP contribution in [0.15, 0.2) is 0 Å². The lowest BCUT2D eigenvalue weighted by atomic mass is 10.1. The SMILES string of the molecule is CCCS(=O)(=O)N1CC(C)N(C)C(C)C1. The van der Waals surface area contributed by atoms with Crippen molar-refractivity contribution >= 4 is 10.0 Å². The average molecular weight is 234 g/mol. The van der Waals surface area contributed by atoms with Crippen LogP contribution in [0.2, 0.25) is 0 Å². The number of hydrogen-bond acceptors (Lipinski definition) is 3. The Bertz CT molecular complexity index is 291. The minimum absolute atomic E-state index is 0.274. The summed E-state index contributed by atoms with van der Waals surface area (Å²) in [6.07, 6.45) is 0.692. The van der Waals surface area contributed by atoms with Crippen molar-refractivity contribution in [3.05, 3.63) is 0 Å². The molecule has 0 aromatic carbocycles. The molecular formula is C10H22N2O2S. The van der Waals surface area contributed by atoms with E-state index in [9.17, 15) is 8.42 Å². The molecule has 1 rings (SSSR count). The Morgan fingerprint density at radius 3 is 2.07 bits per heavy atom. The first-order valence-electron chi connectivity index (χ1n) is 5.58. The third-order valence-electron chi connectivity index (χ3n) is 3.18. The lowest BCUT2D eigenvalue weighted by molar-refractivity contribution is 0.105. The zero-order valence-corrected chi connectivity index (χ0v) is 10.9. The summed E-state index contributed by atoms with van der Waals surface area (Å²) in [4.78, 5) is 2.23. The summed E-state index contributed by atoms with van der Waals surface area (Å²) in [5.74, 6) is 0.274. The van der Waals surface area contributed by atoms with Gasteiger partial charge in [0.05, 0.1) is 5.75 Å². The van der Waals surface area contributed by atoms with Gasteiger partial charge < -0.3 is 0 Å². The smallest absolute Gasteiger partial charge is 0.214 e. The molecule has 2 atom stereocenters. The molecule has 0 radical (unpaired) electrons. The predicted octanol–water partition coefficient (Wildman–Crippen LogP) is 0.751. The highest BCUT2D eigenvalue weighted by Crippen LogP contribution is 2.17. The standard InChI is InChI=1S/C10H22N2O2S/c1-5-6-15(13,14)12-7-9(2)11(4)10(3)8-12/h9-10H,5-8H2,1-4H3. The average Bonchev–Trinajstić information content (AvgIpc) is 2.13. The Balaban J connectivity index is 2.74. The lowest BCUT2D eigenvalue weighted by Gasteiger charge is -2.41. The van der Waals surface area contributed by atoms with E-state index in [0.29, 0.717) is 31.6 Å². The number of hydrogen-bond donors (Lipinski definition) is 0. The fourth-order valence-electron chi connectivity index (χ4n) is 1.97. The van der Waals surface area contributed by atoms with Crippen LogP contribution in [0.1, 0.15) is 27.2 Å². The van der Waals surface area contributed by atoms with Gasteiger partial charge in [-0.15, -0.1) is 0 Å². The van der Waals surface area contributed by atoms with Crippen molar-refractivity contribution in [2.75, 3.05) is 25.9 Å². The Morgan fingerprint density at radius 1 is 1.20 bits per heavy atom. The second-order valence-electron chi connectivity index (χ2n) is 4.50. The summed E-state index contributed by atoms with van der Waals surface area (Å²) in [5.41, 5.74) is 0. The van der Waals surface area contributed by atoms with E-state index in [1.54, 1.807) is 4.31 Å². The van der Waals surface area contributed by atoms with E-state index in [0.717, 1.165) is 0 Å². The Hall–Kier alpha value is -0.130. The topological polar surface area (TPSA) is 40.6 Å². The monoisotopic (exact) mass is 234 g/mol. The maximum atomic E-state index is 11.9. The Labute approximate surface area is 93.3 Å². The largest absolute Gasteiger partial charge is 0.298 e. The second-order valence-corrected chi connectivity index (χ2v) is 6.58. The van der Waals surface area contributed by atoms with E-state index in [1.807, 2.05) is 6.92 Å². The Kier molecular flexibility index (Phi) is 4.14. The van der Waals surface area contributed by atoms with Gasteiger partial charge in [0.2, 0.25) is 10.0 Å². The second kappa shape index (κ2) is 4.80. The molecule has 0 bridgehead atoms. The molecule has 0 spiro atoms. The van der Waals surface area contributed by atoms with E-state index >= 15 is 0 Å². The molecule has 0 saturated carbocycles. The summed E-state index contributed by atoms with van der Waals surface area (Å²) < 4.78 is 25.4. The summed E-state index contributed by atoms with van der Waals surface area (Å²) >= 11 is 0. The van der Waals surface area contributed by atoms with Crippen LogP contribution < -0.4 is 0 Å². The third-order valence-corrected chi connectivity index (χ3v) is 5.19. The van der Waals surface area contributed by atoms with Gasteiger partial charge in [-0.2, -0.15) is 4.31 Å². The molecule has 0 N–H and O–H groups in total. The molecule has 0 aliphatic carbocycles. The molecule has 15 heavy (non-hydrogen) atoms. The van der Waals surface area contributed by atoms with E-state index in [2.05, 4.69) is 25.8 Å². The third kappa shape index (κ3) is 2.92. The highest BCUT2D eigenvalue weighted by Gasteiger charge is 2.32. The van der Waals surface area contributed by atoms with Gasteiger partial charge in [0.1, 0.15) is 0 Å². The maximum absolute atomic E-state index is 11.9. The summed E-state index contributed by atoms with van der Waals surface area (Å²) in [6, 6.07) is 0.612. The predicted molar refractivity (Wildman–Crippen MR) is 62.3 cm³/mol. The molecule has 5 heteroatoms. The van der Waals surface area contributed by atoms with Gasteiger partial charge in [-0.3, -0.25) is 4.90 Å². The fourth-order valence-corrected chi connectivity index (χ4v) is 3.63. The van der Waals surface area contributed by atoms with Gasteiger partial charge in [-0.05, 0) is 27.3 Å². The normalized spacial score (nSPS) is 30.7. The summed E-state index contributed by atoms with van der Waals surface area (Å²) in [6.45, 7) is 7.31. The van der Waals surface area contributed by atoms with Crippen LogP contribution in [0.25, 0.3) is 0 Å². The first kappa shape index (κ1) is 12.9. The van der Waals surface area contributed by atoms with Crippen LogP contribution in [0.4, 0.5) is 0 Å². The van der Waals surface area contributed by atoms with Crippen molar-refractivity contribution in [2.24, 2.45) is 0 Å². The van der Waals surface area contributed by atoms with Crippen LogP contribution in [0.3, 0.4) is 0 Å². The molecule has 2 unspecified atom stereocenters. The minimum atomic E-state index is -3.02. The van der Waals surface area contributed by atoms with Gasteiger partial charge in [0.15, 0.2) is 0 Å². The highest BCUT2D eigenvalue weighted by molar-refractivity contribution is 7.89. The molecule has 0 amide bonds.